The average molecular weight is 528 g/mol. The molecule has 5 rings (SSSR count). The topological polar surface area (TPSA) is 85.3 Å². The van der Waals surface area contributed by atoms with Gasteiger partial charge >= 0.3 is 0 Å². The predicted octanol–water partition coefficient (Wildman–Crippen LogP) is 5.33. The van der Waals surface area contributed by atoms with E-state index in [-0.39, 0.29) is 18.3 Å². The number of guanidine groups is 1. The highest BCUT2D eigenvalue weighted by molar-refractivity contribution is 5.96. The van der Waals surface area contributed by atoms with Crippen molar-refractivity contribution in [2.45, 2.75) is 24.8 Å². The van der Waals surface area contributed by atoms with Crippen LogP contribution >= 0.6 is 0 Å². The van der Waals surface area contributed by atoms with Gasteiger partial charge in [-0.1, -0.05) is 121 Å². The zero-order chi connectivity index (χ0) is 27.6. The first-order valence-corrected chi connectivity index (χ1v) is 13.5. The van der Waals surface area contributed by atoms with Crippen LogP contribution in [0.3, 0.4) is 0 Å². The molecule has 0 saturated heterocycles. The van der Waals surface area contributed by atoms with Crippen molar-refractivity contribution < 1.29 is 4.79 Å². The van der Waals surface area contributed by atoms with E-state index in [1.54, 1.807) is 0 Å². The van der Waals surface area contributed by atoms with Gasteiger partial charge in [-0.05, 0) is 35.1 Å². The Morgan fingerprint density at radius 1 is 0.775 bits per heavy atom. The van der Waals surface area contributed by atoms with E-state index in [1.807, 2.05) is 54.9 Å². The molecule has 0 saturated carbocycles. The van der Waals surface area contributed by atoms with Crippen molar-refractivity contribution in [1.29, 1.82) is 0 Å². The van der Waals surface area contributed by atoms with Crippen LogP contribution in [-0.2, 0) is 23.2 Å². The third-order valence-electron chi connectivity index (χ3n) is 6.95. The Morgan fingerprint density at radius 2 is 1.27 bits per heavy atom. The molecule has 0 bridgehead atoms. The molecular formula is C34H33N5O. The van der Waals surface area contributed by atoms with Crippen molar-refractivity contribution in [2.75, 3.05) is 6.54 Å². The van der Waals surface area contributed by atoms with Crippen LogP contribution in [0.25, 0.3) is 0 Å². The largest absolute Gasteiger partial charge is 0.370 e. The molecule has 0 spiro atoms. The summed E-state index contributed by atoms with van der Waals surface area (Å²) in [5.74, 6) is -0.0343. The van der Waals surface area contributed by atoms with Crippen molar-refractivity contribution in [3.8, 4) is 0 Å². The standard InChI is InChI=1S/C34H33N5O/c35-33(38-32(40)24-27-14-5-1-6-15-27)36-23-13-22-31-25-39(26-37-31)34(28-16-7-2-8-17-28,29-18-9-3-10-19-29)30-20-11-4-12-21-30/h1-12,14-21,25-26H,13,22-24H2,(H3,35,36,38,40). The first-order chi connectivity index (χ1) is 19.7. The van der Waals surface area contributed by atoms with Crippen LogP contribution in [0.4, 0.5) is 0 Å². The summed E-state index contributed by atoms with van der Waals surface area (Å²) in [5.41, 5.74) is 10.7. The number of hydrogen-bond acceptors (Lipinski definition) is 3. The summed E-state index contributed by atoms with van der Waals surface area (Å²) in [6, 6.07) is 41.2. The van der Waals surface area contributed by atoms with Crippen LogP contribution in [0.5, 0.6) is 0 Å². The molecule has 6 nitrogen and oxygen atoms in total. The van der Waals surface area contributed by atoms with E-state index in [4.69, 9.17) is 10.7 Å². The van der Waals surface area contributed by atoms with Gasteiger partial charge in [0.1, 0.15) is 5.54 Å². The number of aryl methyl sites for hydroxylation is 1. The Kier molecular flexibility index (Phi) is 8.47. The fourth-order valence-electron chi connectivity index (χ4n) is 5.13. The van der Waals surface area contributed by atoms with Gasteiger partial charge in [-0.2, -0.15) is 0 Å². The Hall–Kier alpha value is -4.97. The van der Waals surface area contributed by atoms with Crippen LogP contribution in [-0.4, -0.2) is 28.0 Å². The lowest BCUT2D eigenvalue weighted by atomic mass is 9.77. The van der Waals surface area contributed by atoms with Crippen LogP contribution in [0.15, 0.2) is 139 Å². The summed E-state index contributed by atoms with van der Waals surface area (Å²) in [6.45, 7) is 0.492. The molecule has 5 aromatic rings. The molecule has 6 heteroatoms. The fourth-order valence-corrected chi connectivity index (χ4v) is 5.13. The van der Waals surface area contributed by atoms with Gasteiger partial charge < -0.3 is 10.3 Å². The molecule has 1 amide bonds. The number of nitrogens with one attached hydrogen (secondary N) is 1. The van der Waals surface area contributed by atoms with Crippen LogP contribution in [0.2, 0.25) is 0 Å². The molecule has 0 aliphatic rings. The number of nitrogens with two attached hydrogens (primary N) is 1. The van der Waals surface area contributed by atoms with Crippen molar-refractivity contribution in [2.24, 2.45) is 10.7 Å². The maximum atomic E-state index is 12.2. The van der Waals surface area contributed by atoms with Gasteiger partial charge in [-0.15, -0.1) is 0 Å². The van der Waals surface area contributed by atoms with Crippen molar-refractivity contribution in [3.05, 3.63) is 162 Å². The quantitative estimate of drug-likeness (QED) is 0.111. The minimum Gasteiger partial charge on any atom is -0.370 e. The lowest BCUT2D eigenvalue weighted by molar-refractivity contribution is -0.119. The van der Waals surface area contributed by atoms with Gasteiger partial charge in [0, 0.05) is 12.7 Å². The molecule has 0 atom stereocenters. The van der Waals surface area contributed by atoms with Gasteiger partial charge in [-0.25, -0.2) is 4.98 Å². The number of rotatable bonds is 10. The molecule has 40 heavy (non-hydrogen) atoms. The average Bonchev–Trinajstić information content (AvgIpc) is 3.47. The van der Waals surface area contributed by atoms with E-state index in [0.29, 0.717) is 6.54 Å². The minimum atomic E-state index is -0.583. The molecule has 0 fully saturated rings. The number of aromatic nitrogens is 2. The van der Waals surface area contributed by atoms with Crippen LogP contribution < -0.4 is 11.1 Å². The zero-order valence-corrected chi connectivity index (χ0v) is 22.4. The highest BCUT2D eigenvalue weighted by Crippen LogP contribution is 2.40. The number of amides is 1. The Morgan fingerprint density at radius 3 is 1.80 bits per heavy atom. The zero-order valence-electron chi connectivity index (χ0n) is 22.4. The number of imidazole rings is 1. The molecule has 1 aromatic heterocycles. The summed E-state index contributed by atoms with van der Waals surface area (Å²) in [7, 11) is 0. The molecule has 4 aromatic carbocycles. The predicted molar refractivity (Wildman–Crippen MR) is 160 cm³/mol. The van der Waals surface area contributed by atoms with Gasteiger partial charge in [0.05, 0.1) is 18.4 Å². The van der Waals surface area contributed by atoms with Gasteiger partial charge in [0.25, 0.3) is 0 Å². The lowest BCUT2D eigenvalue weighted by Gasteiger charge is -2.37. The number of nitrogens with zero attached hydrogens (tertiary/aromatic N) is 3. The SMILES string of the molecule is NC(=NCCCc1cn(C(c2ccccc2)(c2ccccc2)c2ccccc2)cn1)NC(=O)Cc1ccccc1. The monoisotopic (exact) mass is 527 g/mol. The molecule has 200 valence electrons. The second kappa shape index (κ2) is 12.7. The van der Waals surface area contributed by atoms with Crippen molar-refractivity contribution in [3.63, 3.8) is 0 Å². The summed E-state index contributed by atoms with van der Waals surface area (Å²) in [6.07, 6.45) is 5.80. The van der Waals surface area contributed by atoms with E-state index in [2.05, 4.69) is 93.9 Å². The number of aliphatic imine (C=N–C) groups is 1. The summed E-state index contributed by atoms with van der Waals surface area (Å²) in [4.78, 5) is 21.4. The van der Waals surface area contributed by atoms with Gasteiger partial charge in [0.2, 0.25) is 5.91 Å². The van der Waals surface area contributed by atoms with E-state index < -0.39 is 5.54 Å². The lowest BCUT2D eigenvalue weighted by Crippen LogP contribution is -2.37. The molecule has 0 aliphatic carbocycles. The van der Waals surface area contributed by atoms with Gasteiger partial charge in [-0.3, -0.25) is 15.1 Å². The molecule has 0 unspecified atom stereocenters. The number of hydrogen-bond donors (Lipinski definition) is 2. The minimum absolute atomic E-state index is 0.141. The smallest absolute Gasteiger partial charge is 0.231 e. The van der Waals surface area contributed by atoms with Crippen molar-refractivity contribution in [1.82, 2.24) is 14.9 Å². The number of carbonyl (C=O) groups is 1. The number of carbonyl (C=O) groups excluding carboxylic acids is 1. The normalized spacial score (nSPS) is 11.8. The second-order valence-electron chi connectivity index (χ2n) is 9.66. The molecule has 3 N–H and O–H groups in total. The second-order valence-corrected chi connectivity index (χ2v) is 9.66. The molecule has 0 radical (unpaired) electrons. The fraction of sp³-hybridized carbons (Fsp3) is 0.147. The van der Waals surface area contributed by atoms with E-state index >= 15 is 0 Å². The van der Waals surface area contributed by atoms with E-state index in [1.165, 1.54) is 0 Å². The highest BCUT2D eigenvalue weighted by atomic mass is 16.1. The van der Waals surface area contributed by atoms with E-state index in [0.717, 1.165) is 40.8 Å². The highest BCUT2D eigenvalue weighted by Gasteiger charge is 2.38. The third kappa shape index (κ3) is 6.02. The first kappa shape index (κ1) is 26.6. The summed E-state index contributed by atoms with van der Waals surface area (Å²) >= 11 is 0. The maximum absolute atomic E-state index is 12.2. The Bertz CT molecular complexity index is 1430. The Balaban J connectivity index is 1.33. The number of benzene rings is 4. The van der Waals surface area contributed by atoms with E-state index in [9.17, 15) is 4.79 Å². The van der Waals surface area contributed by atoms with Gasteiger partial charge in [0.15, 0.2) is 5.96 Å². The first-order valence-electron chi connectivity index (χ1n) is 13.5. The maximum Gasteiger partial charge on any atom is 0.231 e. The molecule has 1 heterocycles. The Labute approximate surface area is 235 Å². The molecular weight excluding hydrogens is 494 g/mol. The summed E-state index contributed by atoms with van der Waals surface area (Å²) in [5, 5.41) is 2.67. The third-order valence-corrected chi connectivity index (χ3v) is 6.95. The van der Waals surface area contributed by atoms with Crippen LogP contribution in [0, 0.1) is 0 Å². The summed E-state index contributed by atoms with van der Waals surface area (Å²) < 4.78 is 2.21. The molecule has 0 aliphatic heterocycles. The van der Waals surface area contributed by atoms with Crippen LogP contribution in [0.1, 0.15) is 34.4 Å². The van der Waals surface area contributed by atoms with Crippen molar-refractivity contribution >= 4 is 11.9 Å².